The van der Waals surface area contributed by atoms with E-state index in [1.165, 1.54) is 19.2 Å². The van der Waals surface area contributed by atoms with E-state index < -0.39 is 10.8 Å². The maximum Gasteiger partial charge on any atom is 0.311 e. The van der Waals surface area contributed by atoms with Crippen LogP contribution in [0.5, 0.6) is 5.75 Å². The molecule has 1 aromatic rings. The number of anilines is 1. The molecular weight excluding hydrogens is 238 g/mol. The zero-order chi connectivity index (χ0) is 13.7. The standard InChI is InChI=1S/C11H15N3O4/c1-7(5-11(12)15)13-8-3-4-9(14(16)17)10(6-8)18-2/h3-4,6-7,13H,5H2,1-2H3,(H2,12,15). The lowest BCUT2D eigenvalue weighted by molar-refractivity contribution is -0.385. The van der Waals surface area contributed by atoms with E-state index in [4.69, 9.17) is 10.5 Å². The Bertz CT molecular complexity index is 462. The summed E-state index contributed by atoms with van der Waals surface area (Å²) in [4.78, 5) is 20.9. The number of hydrogen-bond acceptors (Lipinski definition) is 5. The molecule has 0 aromatic heterocycles. The number of methoxy groups -OCH3 is 1. The van der Waals surface area contributed by atoms with E-state index in [-0.39, 0.29) is 23.9 Å². The van der Waals surface area contributed by atoms with Crippen molar-refractivity contribution in [1.29, 1.82) is 0 Å². The van der Waals surface area contributed by atoms with Gasteiger partial charge in [-0.05, 0) is 13.0 Å². The molecule has 18 heavy (non-hydrogen) atoms. The molecule has 0 aliphatic rings. The van der Waals surface area contributed by atoms with Crippen LogP contribution in [0.3, 0.4) is 0 Å². The van der Waals surface area contributed by atoms with Gasteiger partial charge in [-0.25, -0.2) is 0 Å². The first-order valence-corrected chi connectivity index (χ1v) is 5.31. The highest BCUT2D eigenvalue weighted by Gasteiger charge is 2.15. The summed E-state index contributed by atoms with van der Waals surface area (Å²) in [7, 11) is 1.36. The number of nitrogens with two attached hydrogens (primary N) is 1. The number of primary amides is 1. The zero-order valence-corrected chi connectivity index (χ0v) is 10.2. The van der Waals surface area contributed by atoms with Crippen LogP contribution in [-0.2, 0) is 4.79 Å². The maximum absolute atomic E-state index is 10.7. The van der Waals surface area contributed by atoms with Crippen molar-refractivity contribution < 1.29 is 14.5 Å². The minimum atomic E-state index is -0.518. The van der Waals surface area contributed by atoms with Gasteiger partial charge in [-0.1, -0.05) is 0 Å². The van der Waals surface area contributed by atoms with Gasteiger partial charge >= 0.3 is 5.69 Å². The van der Waals surface area contributed by atoms with E-state index >= 15 is 0 Å². The number of nitro groups is 1. The van der Waals surface area contributed by atoms with Crippen molar-refractivity contribution in [3.63, 3.8) is 0 Å². The molecule has 1 aromatic carbocycles. The first-order valence-electron chi connectivity index (χ1n) is 5.31. The molecule has 1 amide bonds. The first kappa shape index (κ1) is 13.8. The molecular formula is C11H15N3O4. The fourth-order valence-electron chi connectivity index (χ4n) is 1.56. The number of nitrogens with zero attached hydrogens (tertiary/aromatic N) is 1. The highest BCUT2D eigenvalue weighted by Crippen LogP contribution is 2.29. The minimum Gasteiger partial charge on any atom is -0.490 e. The van der Waals surface area contributed by atoms with E-state index in [2.05, 4.69) is 5.32 Å². The van der Waals surface area contributed by atoms with E-state index in [0.29, 0.717) is 5.69 Å². The monoisotopic (exact) mass is 253 g/mol. The molecule has 7 heteroatoms. The number of carbonyl (C=O) groups is 1. The van der Waals surface area contributed by atoms with Crippen LogP contribution in [0.2, 0.25) is 0 Å². The second-order valence-electron chi connectivity index (χ2n) is 3.86. The van der Waals surface area contributed by atoms with Gasteiger partial charge in [0.1, 0.15) is 0 Å². The van der Waals surface area contributed by atoms with E-state index in [9.17, 15) is 14.9 Å². The number of ether oxygens (including phenoxy) is 1. The van der Waals surface area contributed by atoms with Crippen LogP contribution in [0.4, 0.5) is 11.4 Å². The first-order chi connectivity index (χ1) is 8.43. The molecule has 0 heterocycles. The van der Waals surface area contributed by atoms with Crippen molar-refractivity contribution in [3.05, 3.63) is 28.3 Å². The summed E-state index contributed by atoms with van der Waals surface area (Å²) >= 11 is 0. The Hall–Kier alpha value is -2.31. The molecule has 0 saturated carbocycles. The van der Waals surface area contributed by atoms with Crippen molar-refractivity contribution in [2.24, 2.45) is 5.73 Å². The largest absolute Gasteiger partial charge is 0.490 e. The number of carbonyl (C=O) groups excluding carboxylic acids is 1. The second-order valence-corrected chi connectivity index (χ2v) is 3.86. The van der Waals surface area contributed by atoms with Gasteiger partial charge in [-0.15, -0.1) is 0 Å². The van der Waals surface area contributed by atoms with Gasteiger partial charge in [-0.3, -0.25) is 14.9 Å². The Morgan fingerprint density at radius 2 is 2.28 bits per heavy atom. The van der Waals surface area contributed by atoms with Crippen molar-refractivity contribution in [2.75, 3.05) is 12.4 Å². The summed E-state index contributed by atoms with van der Waals surface area (Å²) < 4.78 is 4.94. The molecule has 98 valence electrons. The molecule has 3 N–H and O–H groups in total. The quantitative estimate of drug-likeness (QED) is 0.586. The molecule has 0 bridgehead atoms. The van der Waals surface area contributed by atoms with Gasteiger partial charge in [0, 0.05) is 30.3 Å². The maximum atomic E-state index is 10.7. The number of rotatable bonds is 6. The van der Waals surface area contributed by atoms with Crippen LogP contribution in [0, 0.1) is 10.1 Å². The van der Waals surface area contributed by atoms with Crippen LogP contribution in [0.1, 0.15) is 13.3 Å². The third-order valence-electron chi connectivity index (χ3n) is 2.30. The number of nitrogens with one attached hydrogen (secondary N) is 1. The molecule has 0 aliphatic heterocycles. The lowest BCUT2D eigenvalue weighted by atomic mass is 10.2. The van der Waals surface area contributed by atoms with Gasteiger partial charge in [0.2, 0.25) is 5.91 Å². The number of nitro benzene ring substituents is 1. The molecule has 0 fully saturated rings. The highest BCUT2D eigenvalue weighted by molar-refractivity contribution is 5.75. The average molecular weight is 253 g/mol. The lowest BCUT2D eigenvalue weighted by Crippen LogP contribution is -2.23. The Labute approximate surface area is 104 Å². The Balaban J connectivity index is 2.85. The Morgan fingerprint density at radius 3 is 2.78 bits per heavy atom. The van der Waals surface area contributed by atoms with Gasteiger partial charge < -0.3 is 15.8 Å². The van der Waals surface area contributed by atoms with E-state index in [1.54, 1.807) is 13.0 Å². The zero-order valence-electron chi connectivity index (χ0n) is 10.2. The van der Waals surface area contributed by atoms with Crippen molar-refractivity contribution in [2.45, 2.75) is 19.4 Å². The molecule has 1 unspecified atom stereocenters. The number of hydrogen-bond donors (Lipinski definition) is 2. The fraction of sp³-hybridized carbons (Fsp3) is 0.364. The highest BCUT2D eigenvalue weighted by atomic mass is 16.6. The molecule has 0 spiro atoms. The Kier molecular flexibility index (Phi) is 4.47. The summed E-state index contributed by atoms with van der Waals surface area (Å²) in [6.07, 6.45) is 0.180. The van der Waals surface area contributed by atoms with Crippen LogP contribution in [-0.4, -0.2) is 24.0 Å². The average Bonchev–Trinajstić information content (AvgIpc) is 2.27. The smallest absolute Gasteiger partial charge is 0.311 e. The normalized spacial score (nSPS) is 11.7. The topological polar surface area (TPSA) is 107 Å². The van der Waals surface area contributed by atoms with Crippen LogP contribution in [0.25, 0.3) is 0 Å². The molecule has 0 aliphatic carbocycles. The fourth-order valence-corrected chi connectivity index (χ4v) is 1.56. The summed E-state index contributed by atoms with van der Waals surface area (Å²) in [6, 6.07) is 4.25. The second kappa shape index (κ2) is 5.85. The van der Waals surface area contributed by atoms with Crippen molar-refractivity contribution >= 4 is 17.3 Å². The van der Waals surface area contributed by atoms with Gasteiger partial charge in [0.05, 0.1) is 12.0 Å². The number of amides is 1. The van der Waals surface area contributed by atoms with Crippen molar-refractivity contribution in [3.8, 4) is 5.75 Å². The SMILES string of the molecule is COc1cc(NC(C)CC(N)=O)ccc1[N+](=O)[O-]. The van der Waals surface area contributed by atoms with Crippen LogP contribution < -0.4 is 15.8 Å². The van der Waals surface area contributed by atoms with E-state index in [0.717, 1.165) is 0 Å². The molecule has 0 radical (unpaired) electrons. The summed E-state index contributed by atoms with van der Waals surface area (Å²) in [6.45, 7) is 1.79. The van der Waals surface area contributed by atoms with Crippen molar-refractivity contribution in [1.82, 2.24) is 0 Å². The van der Waals surface area contributed by atoms with E-state index in [1.807, 2.05) is 0 Å². The molecule has 1 atom stereocenters. The molecule has 7 nitrogen and oxygen atoms in total. The van der Waals surface area contributed by atoms with Crippen LogP contribution >= 0.6 is 0 Å². The predicted octanol–water partition coefficient (Wildman–Crippen LogP) is 1.28. The summed E-state index contributed by atoms with van der Waals surface area (Å²) in [5.41, 5.74) is 5.60. The third kappa shape index (κ3) is 3.62. The van der Waals surface area contributed by atoms with Gasteiger partial charge in [0.15, 0.2) is 5.75 Å². The third-order valence-corrected chi connectivity index (χ3v) is 2.30. The van der Waals surface area contributed by atoms with Gasteiger partial charge in [0.25, 0.3) is 0 Å². The predicted molar refractivity (Wildman–Crippen MR) is 66.5 cm³/mol. The summed E-state index contributed by atoms with van der Waals surface area (Å²) in [5, 5.41) is 13.7. The van der Waals surface area contributed by atoms with Gasteiger partial charge in [-0.2, -0.15) is 0 Å². The Morgan fingerprint density at radius 1 is 1.61 bits per heavy atom. The minimum absolute atomic E-state index is 0.106. The lowest BCUT2D eigenvalue weighted by Gasteiger charge is -2.14. The molecule has 1 rings (SSSR count). The number of benzene rings is 1. The molecule has 0 saturated heterocycles. The summed E-state index contributed by atoms with van der Waals surface area (Å²) in [5.74, 6) is -0.250. The van der Waals surface area contributed by atoms with Crippen LogP contribution in [0.15, 0.2) is 18.2 Å².